The van der Waals surface area contributed by atoms with Crippen LogP contribution in [0.5, 0.6) is 0 Å². The molecule has 3 heterocycles. The summed E-state index contributed by atoms with van der Waals surface area (Å²) in [4.78, 5) is 17.8. The molecular weight excluding hydrogens is 244 g/mol. The first-order valence-corrected chi connectivity index (χ1v) is 6.45. The van der Waals surface area contributed by atoms with Crippen LogP contribution in [0.15, 0.2) is 18.3 Å². The summed E-state index contributed by atoms with van der Waals surface area (Å²) in [7, 11) is 2.06. The van der Waals surface area contributed by atoms with Crippen molar-refractivity contribution in [3.05, 3.63) is 29.7 Å². The van der Waals surface area contributed by atoms with Gasteiger partial charge in [-0.05, 0) is 38.6 Å². The molecule has 0 saturated carbocycles. The van der Waals surface area contributed by atoms with E-state index in [-0.39, 0.29) is 11.6 Å². The van der Waals surface area contributed by atoms with Crippen LogP contribution in [0, 0.1) is 0 Å². The van der Waals surface area contributed by atoms with E-state index in [0.717, 1.165) is 25.2 Å². The molecule has 1 fully saturated rings. The fourth-order valence-corrected chi connectivity index (χ4v) is 2.63. The lowest BCUT2D eigenvalue weighted by Crippen LogP contribution is -2.30. The highest BCUT2D eigenvalue weighted by molar-refractivity contribution is 5.94. The number of aromatic nitrogens is 3. The molecule has 0 amide bonds. The average Bonchev–Trinajstić information content (AvgIpc) is 2.82. The summed E-state index contributed by atoms with van der Waals surface area (Å²) in [6, 6.07) is 3.43. The molecular formula is C13H16N4O2. The maximum atomic E-state index is 11.2. The van der Waals surface area contributed by atoms with Crippen molar-refractivity contribution in [1.29, 1.82) is 0 Å². The third-order valence-corrected chi connectivity index (χ3v) is 3.68. The highest BCUT2D eigenvalue weighted by Gasteiger charge is 2.25. The van der Waals surface area contributed by atoms with Crippen molar-refractivity contribution in [1.82, 2.24) is 19.5 Å². The van der Waals surface area contributed by atoms with E-state index in [2.05, 4.69) is 22.0 Å². The minimum atomic E-state index is -0.971. The Morgan fingerprint density at radius 1 is 1.47 bits per heavy atom. The monoisotopic (exact) mass is 260 g/mol. The van der Waals surface area contributed by atoms with E-state index in [1.165, 1.54) is 6.42 Å². The maximum Gasteiger partial charge on any atom is 0.339 e. The Morgan fingerprint density at radius 2 is 2.32 bits per heavy atom. The molecule has 19 heavy (non-hydrogen) atoms. The Morgan fingerprint density at radius 3 is 3.05 bits per heavy atom. The molecule has 0 bridgehead atoms. The van der Waals surface area contributed by atoms with Crippen molar-refractivity contribution in [2.24, 2.45) is 0 Å². The number of aromatic carboxylic acids is 1. The van der Waals surface area contributed by atoms with Crippen LogP contribution in [0.25, 0.3) is 5.65 Å². The Hall–Kier alpha value is -1.95. The number of nitrogens with zero attached hydrogens (tertiary/aromatic N) is 4. The van der Waals surface area contributed by atoms with Crippen molar-refractivity contribution >= 4 is 11.6 Å². The van der Waals surface area contributed by atoms with Crippen LogP contribution in [-0.2, 0) is 0 Å². The van der Waals surface area contributed by atoms with E-state index in [9.17, 15) is 4.79 Å². The molecule has 0 radical (unpaired) electrons. The number of carboxylic acids is 1. The van der Waals surface area contributed by atoms with Gasteiger partial charge in [-0.3, -0.25) is 4.90 Å². The van der Waals surface area contributed by atoms with E-state index in [0.29, 0.717) is 5.65 Å². The molecule has 2 aromatic rings. The number of fused-ring (bicyclic) bond motifs is 1. The van der Waals surface area contributed by atoms with Gasteiger partial charge in [0, 0.05) is 6.20 Å². The summed E-state index contributed by atoms with van der Waals surface area (Å²) in [6.45, 7) is 1.03. The number of hydrogen-bond acceptors (Lipinski definition) is 4. The lowest BCUT2D eigenvalue weighted by molar-refractivity contribution is 0.0698. The first kappa shape index (κ1) is 12.1. The first-order chi connectivity index (χ1) is 9.16. The number of rotatable bonds is 2. The molecule has 3 rings (SSSR count). The van der Waals surface area contributed by atoms with E-state index < -0.39 is 5.97 Å². The van der Waals surface area contributed by atoms with Gasteiger partial charge in [-0.25, -0.2) is 14.3 Å². The zero-order valence-electron chi connectivity index (χ0n) is 10.8. The summed E-state index contributed by atoms with van der Waals surface area (Å²) in [6.07, 6.45) is 5.12. The summed E-state index contributed by atoms with van der Waals surface area (Å²) in [5, 5.41) is 13.6. The molecule has 1 aliphatic rings. The van der Waals surface area contributed by atoms with Gasteiger partial charge in [0.25, 0.3) is 0 Å². The van der Waals surface area contributed by atoms with Gasteiger partial charge in [0.15, 0.2) is 11.5 Å². The summed E-state index contributed by atoms with van der Waals surface area (Å²) < 4.78 is 1.56. The van der Waals surface area contributed by atoms with Crippen molar-refractivity contribution in [3.63, 3.8) is 0 Å². The van der Waals surface area contributed by atoms with Gasteiger partial charge < -0.3 is 5.11 Å². The fraction of sp³-hybridized carbons (Fsp3) is 0.462. The molecule has 6 heteroatoms. The maximum absolute atomic E-state index is 11.2. The summed E-state index contributed by atoms with van der Waals surface area (Å²) >= 11 is 0. The van der Waals surface area contributed by atoms with Gasteiger partial charge in [0.1, 0.15) is 5.56 Å². The quantitative estimate of drug-likeness (QED) is 0.887. The smallest absolute Gasteiger partial charge is 0.339 e. The van der Waals surface area contributed by atoms with Crippen molar-refractivity contribution in [2.75, 3.05) is 13.6 Å². The number of piperidine rings is 1. The van der Waals surface area contributed by atoms with Gasteiger partial charge in [-0.1, -0.05) is 6.42 Å². The minimum absolute atomic E-state index is 0.190. The molecule has 2 aromatic heterocycles. The van der Waals surface area contributed by atoms with Crippen LogP contribution in [0.3, 0.4) is 0 Å². The van der Waals surface area contributed by atoms with E-state index in [4.69, 9.17) is 5.11 Å². The van der Waals surface area contributed by atoms with Crippen LogP contribution in [0.4, 0.5) is 0 Å². The Bertz CT molecular complexity index is 622. The van der Waals surface area contributed by atoms with Crippen molar-refractivity contribution in [3.8, 4) is 0 Å². The first-order valence-electron chi connectivity index (χ1n) is 6.45. The largest absolute Gasteiger partial charge is 0.478 e. The topological polar surface area (TPSA) is 70.7 Å². The predicted octanol–water partition coefficient (Wildman–Crippen LogP) is 1.58. The number of pyridine rings is 1. The highest BCUT2D eigenvalue weighted by Crippen LogP contribution is 2.27. The summed E-state index contributed by atoms with van der Waals surface area (Å²) in [5.74, 6) is -0.252. The zero-order chi connectivity index (χ0) is 13.4. The zero-order valence-corrected chi connectivity index (χ0v) is 10.8. The Labute approximate surface area is 110 Å². The van der Waals surface area contributed by atoms with E-state index in [1.54, 1.807) is 22.8 Å². The standard InChI is InChI=1S/C13H16N4O2/c1-16-7-3-2-6-10(16)11-14-12-9(13(18)19)5-4-8-17(12)15-11/h4-5,8,10H,2-3,6-7H2,1H3,(H,18,19). The molecule has 0 aliphatic carbocycles. The molecule has 100 valence electrons. The second-order valence-electron chi connectivity index (χ2n) is 4.96. The third kappa shape index (κ3) is 2.08. The van der Waals surface area contributed by atoms with Crippen LogP contribution < -0.4 is 0 Å². The Balaban J connectivity index is 2.06. The number of carboxylic acid groups (broad SMARTS) is 1. The summed E-state index contributed by atoms with van der Waals surface area (Å²) in [5.41, 5.74) is 0.615. The van der Waals surface area contributed by atoms with E-state index >= 15 is 0 Å². The molecule has 1 unspecified atom stereocenters. The van der Waals surface area contributed by atoms with Gasteiger partial charge >= 0.3 is 5.97 Å². The van der Waals surface area contributed by atoms with Crippen LogP contribution in [0.1, 0.15) is 41.5 Å². The second kappa shape index (κ2) is 4.62. The fourth-order valence-electron chi connectivity index (χ4n) is 2.63. The van der Waals surface area contributed by atoms with Crippen molar-refractivity contribution in [2.45, 2.75) is 25.3 Å². The minimum Gasteiger partial charge on any atom is -0.478 e. The van der Waals surface area contributed by atoms with Gasteiger partial charge in [0.2, 0.25) is 0 Å². The van der Waals surface area contributed by atoms with Crippen LogP contribution in [-0.4, -0.2) is 44.2 Å². The third-order valence-electron chi connectivity index (χ3n) is 3.68. The lowest BCUT2D eigenvalue weighted by Gasteiger charge is -2.30. The SMILES string of the molecule is CN1CCCCC1c1nc2c(C(=O)O)cccn2n1. The molecule has 6 nitrogen and oxygen atoms in total. The highest BCUT2D eigenvalue weighted by atomic mass is 16.4. The van der Waals surface area contributed by atoms with Gasteiger partial charge in [0.05, 0.1) is 6.04 Å². The Kier molecular flexibility index (Phi) is 2.94. The van der Waals surface area contributed by atoms with Crippen LogP contribution in [0.2, 0.25) is 0 Å². The molecule has 0 aromatic carbocycles. The molecule has 1 N–H and O–H groups in total. The molecule has 1 saturated heterocycles. The van der Waals surface area contributed by atoms with Crippen LogP contribution >= 0.6 is 0 Å². The van der Waals surface area contributed by atoms with Gasteiger partial charge in [-0.15, -0.1) is 5.10 Å². The van der Waals surface area contributed by atoms with Gasteiger partial charge in [-0.2, -0.15) is 0 Å². The van der Waals surface area contributed by atoms with E-state index in [1.807, 2.05) is 0 Å². The molecule has 1 atom stereocenters. The average molecular weight is 260 g/mol. The molecule has 0 spiro atoms. The number of carbonyl (C=O) groups is 1. The van der Waals surface area contributed by atoms with Crippen molar-refractivity contribution < 1.29 is 9.90 Å². The normalized spacial score (nSPS) is 20.8. The second-order valence-corrected chi connectivity index (χ2v) is 4.96. The number of likely N-dealkylation sites (tertiary alicyclic amines) is 1. The predicted molar refractivity (Wildman–Crippen MR) is 69.2 cm³/mol. The molecule has 1 aliphatic heterocycles. The number of hydrogen-bond donors (Lipinski definition) is 1. The lowest BCUT2D eigenvalue weighted by atomic mass is 10.0.